The van der Waals surface area contributed by atoms with Crippen LogP contribution in [0.25, 0.3) is 11.1 Å². The number of nitrogens with zero attached hydrogens (tertiary/aromatic N) is 1. The van der Waals surface area contributed by atoms with E-state index in [1.54, 1.807) is 7.11 Å². The van der Waals surface area contributed by atoms with Crippen molar-refractivity contribution < 1.29 is 29.0 Å². The van der Waals surface area contributed by atoms with E-state index in [1.807, 2.05) is 50.2 Å². The SMILES string of the molecule is COCCCC(NC(=O)OCC1c2ccccc2-c2ccccc21)C(=O)N(CCC(=O)O)C(C)C. The summed E-state index contributed by atoms with van der Waals surface area (Å²) >= 11 is 0. The number of carboxylic acids is 1. The zero-order valence-corrected chi connectivity index (χ0v) is 20.5. The summed E-state index contributed by atoms with van der Waals surface area (Å²) in [4.78, 5) is 38.6. The van der Waals surface area contributed by atoms with Crippen LogP contribution in [0.1, 0.15) is 50.2 Å². The summed E-state index contributed by atoms with van der Waals surface area (Å²) < 4.78 is 10.7. The van der Waals surface area contributed by atoms with Crippen molar-refractivity contribution in [2.75, 3.05) is 26.9 Å². The van der Waals surface area contributed by atoms with Crippen molar-refractivity contribution >= 4 is 18.0 Å². The fourth-order valence-corrected chi connectivity index (χ4v) is 4.51. The maximum Gasteiger partial charge on any atom is 0.407 e. The van der Waals surface area contributed by atoms with Crippen molar-refractivity contribution in [1.29, 1.82) is 0 Å². The van der Waals surface area contributed by atoms with Crippen LogP contribution in [0.2, 0.25) is 0 Å². The van der Waals surface area contributed by atoms with Crippen molar-refractivity contribution in [2.24, 2.45) is 0 Å². The number of methoxy groups -OCH3 is 1. The third-order valence-electron chi connectivity index (χ3n) is 6.25. The van der Waals surface area contributed by atoms with Gasteiger partial charge in [-0.05, 0) is 48.9 Å². The van der Waals surface area contributed by atoms with E-state index >= 15 is 0 Å². The monoisotopic (exact) mass is 482 g/mol. The van der Waals surface area contributed by atoms with Gasteiger partial charge in [0.2, 0.25) is 5.91 Å². The first-order chi connectivity index (χ1) is 16.8. The largest absolute Gasteiger partial charge is 0.481 e. The number of amides is 2. The molecule has 0 radical (unpaired) electrons. The molecule has 0 bridgehead atoms. The molecule has 8 nitrogen and oxygen atoms in total. The summed E-state index contributed by atoms with van der Waals surface area (Å²) in [5.41, 5.74) is 4.48. The molecule has 1 atom stereocenters. The summed E-state index contributed by atoms with van der Waals surface area (Å²) in [6, 6.07) is 15.1. The molecule has 0 aromatic heterocycles. The molecule has 2 aromatic rings. The molecule has 0 saturated heterocycles. The Hall–Kier alpha value is -3.39. The van der Waals surface area contributed by atoms with Crippen LogP contribution in [0.5, 0.6) is 0 Å². The van der Waals surface area contributed by atoms with Gasteiger partial charge in [0.1, 0.15) is 12.6 Å². The Morgan fingerprint density at radius 3 is 2.17 bits per heavy atom. The van der Waals surface area contributed by atoms with Gasteiger partial charge in [0.05, 0.1) is 6.42 Å². The molecule has 2 N–H and O–H groups in total. The number of aliphatic carboxylic acids is 1. The Morgan fingerprint density at radius 1 is 1.03 bits per heavy atom. The number of benzene rings is 2. The second-order valence-corrected chi connectivity index (χ2v) is 8.93. The number of hydrogen-bond donors (Lipinski definition) is 2. The lowest BCUT2D eigenvalue weighted by Gasteiger charge is -2.30. The van der Waals surface area contributed by atoms with Crippen molar-refractivity contribution in [3.63, 3.8) is 0 Å². The van der Waals surface area contributed by atoms with Gasteiger partial charge < -0.3 is 24.8 Å². The van der Waals surface area contributed by atoms with Crippen molar-refractivity contribution in [2.45, 2.75) is 51.1 Å². The molecule has 35 heavy (non-hydrogen) atoms. The number of carbonyl (C=O) groups excluding carboxylic acids is 2. The number of ether oxygens (including phenoxy) is 2. The van der Waals surface area contributed by atoms with E-state index in [0.717, 1.165) is 22.3 Å². The second kappa shape index (κ2) is 12.4. The molecule has 2 aromatic carbocycles. The molecule has 1 aliphatic rings. The van der Waals surface area contributed by atoms with Crippen LogP contribution in [-0.2, 0) is 19.1 Å². The number of fused-ring (bicyclic) bond motifs is 3. The average molecular weight is 483 g/mol. The maximum absolute atomic E-state index is 13.2. The maximum atomic E-state index is 13.2. The van der Waals surface area contributed by atoms with Crippen LogP contribution in [0.3, 0.4) is 0 Å². The first-order valence-electron chi connectivity index (χ1n) is 12.0. The molecule has 1 aliphatic carbocycles. The highest BCUT2D eigenvalue weighted by Crippen LogP contribution is 2.44. The minimum atomic E-state index is -0.983. The van der Waals surface area contributed by atoms with Crippen LogP contribution in [0.15, 0.2) is 48.5 Å². The van der Waals surface area contributed by atoms with Gasteiger partial charge in [-0.15, -0.1) is 0 Å². The van der Waals surface area contributed by atoms with Gasteiger partial charge in [0, 0.05) is 32.2 Å². The van der Waals surface area contributed by atoms with Gasteiger partial charge in [0.15, 0.2) is 0 Å². The van der Waals surface area contributed by atoms with E-state index in [4.69, 9.17) is 14.6 Å². The first kappa shape index (κ1) is 26.2. The summed E-state index contributed by atoms with van der Waals surface area (Å²) in [5, 5.41) is 11.8. The molecule has 0 spiro atoms. The zero-order valence-electron chi connectivity index (χ0n) is 20.5. The van der Waals surface area contributed by atoms with Gasteiger partial charge in [-0.3, -0.25) is 9.59 Å². The first-order valence-corrected chi connectivity index (χ1v) is 12.0. The summed E-state index contributed by atoms with van der Waals surface area (Å²) in [6.45, 7) is 4.29. The molecule has 0 heterocycles. The Labute approximate surface area is 206 Å². The predicted molar refractivity (Wildman–Crippen MR) is 132 cm³/mol. The second-order valence-electron chi connectivity index (χ2n) is 8.93. The lowest BCUT2D eigenvalue weighted by molar-refractivity contribution is -0.140. The molecular formula is C27H34N2O6. The minimum absolute atomic E-state index is 0.0684. The minimum Gasteiger partial charge on any atom is -0.481 e. The van der Waals surface area contributed by atoms with Crippen LogP contribution < -0.4 is 5.32 Å². The van der Waals surface area contributed by atoms with E-state index in [0.29, 0.717) is 19.4 Å². The highest BCUT2D eigenvalue weighted by atomic mass is 16.5. The van der Waals surface area contributed by atoms with E-state index < -0.39 is 18.1 Å². The summed E-state index contributed by atoms with van der Waals surface area (Å²) in [6.07, 6.45) is 0.0680. The lowest BCUT2D eigenvalue weighted by Crippen LogP contribution is -2.51. The van der Waals surface area contributed by atoms with Crippen molar-refractivity contribution in [1.82, 2.24) is 10.2 Å². The van der Waals surface area contributed by atoms with E-state index in [9.17, 15) is 14.4 Å². The molecule has 3 rings (SSSR count). The highest BCUT2D eigenvalue weighted by molar-refractivity contribution is 5.86. The Morgan fingerprint density at radius 2 is 1.63 bits per heavy atom. The van der Waals surface area contributed by atoms with Gasteiger partial charge in [-0.1, -0.05) is 48.5 Å². The van der Waals surface area contributed by atoms with E-state index in [2.05, 4.69) is 17.4 Å². The Kier molecular flexibility index (Phi) is 9.25. The van der Waals surface area contributed by atoms with Crippen molar-refractivity contribution in [3.8, 4) is 11.1 Å². The molecular weight excluding hydrogens is 448 g/mol. The molecule has 8 heteroatoms. The molecule has 188 valence electrons. The standard InChI is InChI=1S/C27H34N2O6/c1-18(2)29(15-14-25(30)31)26(32)24(13-8-16-34-3)28-27(33)35-17-23-21-11-6-4-9-19(21)20-10-5-7-12-22(20)23/h4-7,9-12,18,23-24H,8,13-17H2,1-3H3,(H,28,33)(H,30,31). The Bertz CT molecular complexity index is 992. The predicted octanol–water partition coefficient (Wildman–Crippen LogP) is 4.03. The van der Waals surface area contributed by atoms with Crippen LogP contribution in [-0.4, -0.2) is 66.9 Å². The normalized spacial score (nSPS) is 13.1. The smallest absolute Gasteiger partial charge is 0.407 e. The summed E-state index contributed by atoms with van der Waals surface area (Å²) in [5.74, 6) is -1.40. The van der Waals surface area contributed by atoms with Crippen LogP contribution in [0, 0.1) is 0 Å². The number of carboxylic acid groups (broad SMARTS) is 1. The zero-order chi connectivity index (χ0) is 25.4. The van der Waals surface area contributed by atoms with Crippen LogP contribution in [0.4, 0.5) is 4.79 Å². The number of carbonyl (C=O) groups is 3. The molecule has 0 fully saturated rings. The number of nitrogens with one attached hydrogen (secondary N) is 1. The topological polar surface area (TPSA) is 105 Å². The van der Waals surface area contributed by atoms with Gasteiger partial charge in [-0.25, -0.2) is 4.79 Å². The lowest BCUT2D eigenvalue weighted by atomic mass is 9.98. The third-order valence-corrected chi connectivity index (χ3v) is 6.25. The average Bonchev–Trinajstić information content (AvgIpc) is 3.15. The third kappa shape index (κ3) is 6.60. The molecule has 0 aliphatic heterocycles. The summed E-state index contributed by atoms with van der Waals surface area (Å²) in [7, 11) is 1.57. The fraction of sp³-hybridized carbons (Fsp3) is 0.444. The molecule has 2 amide bonds. The number of hydrogen-bond acceptors (Lipinski definition) is 5. The number of alkyl carbamates (subject to hydrolysis) is 1. The fourth-order valence-electron chi connectivity index (χ4n) is 4.51. The highest BCUT2D eigenvalue weighted by Gasteiger charge is 2.31. The van der Waals surface area contributed by atoms with Crippen LogP contribution >= 0.6 is 0 Å². The van der Waals surface area contributed by atoms with Crippen molar-refractivity contribution in [3.05, 3.63) is 59.7 Å². The van der Waals surface area contributed by atoms with Gasteiger partial charge in [-0.2, -0.15) is 0 Å². The van der Waals surface area contributed by atoms with Gasteiger partial charge >= 0.3 is 12.1 Å². The van der Waals surface area contributed by atoms with E-state index in [1.165, 1.54) is 4.90 Å². The van der Waals surface area contributed by atoms with E-state index in [-0.39, 0.29) is 37.4 Å². The quantitative estimate of drug-likeness (QED) is 0.443. The number of rotatable bonds is 12. The molecule has 1 unspecified atom stereocenters. The molecule has 0 saturated carbocycles. The Balaban J connectivity index is 1.68. The van der Waals surface area contributed by atoms with Gasteiger partial charge in [0.25, 0.3) is 0 Å².